The Kier molecular flexibility index (Phi) is 4.03. The van der Waals surface area contributed by atoms with Gasteiger partial charge in [-0.1, -0.05) is 13.0 Å². The van der Waals surface area contributed by atoms with Gasteiger partial charge in [-0.2, -0.15) is 0 Å². The minimum Gasteiger partial charge on any atom is -0.478 e. The first kappa shape index (κ1) is 14.1. The topological polar surface area (TPSA) is 59.4 Å². The number of carboxylic acid groups (broad SMARTS) is 1. The van der Waals surface area contributed by atoms with Crippen LogP contribution in [0.4, 0.5) is 0 Å². The summed E-state index contributed by atoms with van der Waals surface area (Å²) in [6.07, 6.45) is 0.657. The largest absolute Gasteiger partial charge is 0.478 e. The first-order valence-electron chi connectivity index (χ1n) is 6.49. The second-order valence-electron chi connectivity index (χ2n) is 4.69. The summed E-state index contributed by atoms with van der Waals surface area (Å²) in [7, 11) is 0. The Hall–Kier alpha value is -2.36. The van der Waals surface area contributed by atoms with Crippen LogP contribution in [-0.4, -0.2) is 16.1 Å². The molecule has 0 unspecified atom stereocenters. The number of nitrogens with zero attached hydrogens (tertiary/aromatic N) is 1. The molecule has 4 nitrogen and oxygen atoms in total. The van der Waals surface area contributed by atoms with E-state index in [0.29, 0.717) is 23.7 Å². The first-order chi connectivity index (χ1) is 9.49. The van der Waals surface area contributed by atoms with Gasteiger partial charge in [-0.05, 0) is 49.6 Å². The van der Waals surface area contributed by atoms with Crippen LogP contribution >= 0.6 is 0 Å². The van der Waals surface area contributed by atoms with Crippen molar-refractivity contribution in [2.75, 3.05) is 0 Å². The Morgan fingerprint density at radius 2 is 1.95 bits per heavy atom. The number of hydrogen-bond donors (Lipinski definition) is 1. The van der Waals surface area contributed by atoms with Gasteiger partial charge in [0.2, 0.25) is 5.88 Å². The molecule has 104 valence electrons. The molecule has 0 spiro atoms. The highest BCUT2D eigenvalue weighted by Gasteiger charge is 2.09. The van der Waals surface area contributed by atoms with E-state index >= 15 is 0 Å². The van der Waals surface area contributed by atoms with Crippen molar-refractivity contribution in [1.82, 2.24) is 4.98 Å². The summed E-state index contributed by atoms with van der Waals surface area (Å²) < 4.78 is 5.67. The number of aromatic carboxylic acids is 1. The first-order valence-corrected chi connectivity index (χ1v) is 6.49. The van der Waals surface area contributed by atoms with Crippen LogP contribution in [0.3, 0.4) is 0 Å². The number of aryl methyl sites for hydroxylation is 3. The molecule has 2 rings (SSSR count). The fourth-order valence-corrected chi connectivity index (χ4v) is 1.82. The molecule has 0 aliphatic carbocycles. The van der Waals surface area contributed by atoms with Gasteiger partial charge in [0.25, 0.3) is 0 Å². The molecule has 0 aliphatic heterocycles. The molecular weight excluding hydrogens is 254 g/mol. The zero-order valence-corrected chi connectivity index (χ0v) is 11.8. The number of carbonyl (C=O) groups is 1. The van der Waals surface area contributed by atoms with Crippen molar-refractivity contribution in [3.05, 3.63) is 52.7 Å². The van der Waals surface area contributed by atoms with Crippen molar-refractivity contribution >= 4 is 5.97 Å². The molecule has 20 heavy (non-hydrogen) atoms. The minimum atomic E-state index is -0.980. The zero-order chi connectivity index (χ0) is 14.7. The van der Waals surface area contributed by atoms with Crippen LogP contribution in [0.5, 0.6) is 11.6 Å². The second-order valence-corrected chi connectivity index (χ2v) is 4.69. The van der Waals surface area contributed by atoms with Gasteiger partial charge in [0.05, 0.1) is 5.56 Å². The molecule has 1 N–H and O–H groups in total. The van der Waals surface area contributed by atoms with Gasteiger partial charge < -0.3 is 9.84 Å². The molecule has 1 heterocycles. The fraction of sp³-hybridized carbons (Fsp3) is 0.250. The zero-order valence-electron chi connectivity index (χ0n) is 11.8. The Morgan fingerprint density at radius 3 is 2.55 bits per heavy atom. The van der Waals surface area contributed by atoms with E-state index in [2.05, 4.69) is 4.98 Å². The molecule has 2 aromatic rings. The summed E-state index contributed by atoms with van der Waals surface area (Å²) in [5.41, 5.74) is 3.19. The van der Waals surface area contributed by atoms with Gasteiger partial charge in [0.15, 0.2) is 0 Å². The number of ether oxygens (including phenoxy) is 1. The van der Waals surface area contributed by atoms with Crippen LogP contribution < -0.4 is 4.74 Å². The third kappa shape index (κ3) is 3.15. The van der Waals surface area contributed by atoms with Gasteiger partial charge >= 0.3 is 5.97 Å². The minimum absolute atomic E-state index is 0.190. The average Bonchev–Trinajstić information content (AvgIpc) is 2.42. The van der Waals surface area contributed by atoms with Crippen LogP contribution in [0, 0.1) is 13.8 Å². The van der Waals surface area contributed by atoms with Crippen LogP contribution in [0.2, 0.25) is 0 Å². The number of benzene rings is 1. The molecule has 0 saturated carbocycles. The quantitative estimate of drug-likeness (QED) is 0.920. The van der Waals surface area contributed by atoms with E-state index in [0.717, 1.165) is 5.56 Å². The predicted octanol–water partition coefficient (Wildman–Crippen LogP) is 3.75. The van der Waals surface area contributed by atoms with Crippen molar-refractivity contribution in [2.45, 2.75) is 27.2 Å². The normalized spacial score (nSPS) is 10.3. The maximum atomic E-state index is 11.1. The molecule has 0 aliphatic rings. The average molecular weight is 271 g/mol. The van der Waals surface area contributed by atoms with Gasteiger partial charge in [-0.25, -0.2) is 9.78 Å². The van der Waals surface area contributed by atoms with Crippen molar-refractivity contribution < 1.29 is 14.6 Å². The molecule has 0 amide bonds. The van der Waals surface area contributed by atoms with Crippen molar-refractivity contribution in [1.29, 1.82) is 0 Å². The highest BCUT2D eigenvalue weighted by molar-refractivity contribution is 5.88. The molecule has 0 saturated heterocycles. The van der Waals surface area contributed by atoms with Crippen LogP contribution in [-0.2, 0) is 6.42 Å². The van der Waals surface area contributed by atoms with E-state index in [9.17, 15) is 4.79 Å². The summed E-state index contributed by atoms with van der Waals surface area (Å²) in [5.74, 6) is -0.0118. The molecule has 1 aromatic carbocycles. The summed E-state index contributed by atoms with van der Waals surface area (Å²) >= 11 is 0. The Morgan fingerprint density at radius 1 is 1.20 bits per heavy atom. The molecule has 0 radical (unpaired) electrons. The molecule has 1 aromatic heterocycles. The van der Waals surface area contributed by atoms with E-state index in [1.165, 1.54) is 11.6 Å². The third-order valence-corrected chi connectivity index (χ3v) is 3.16. The predicted molar refractivity (Wildman–Crippen MR) is 76.6 cm³/mol. The van der Waals surface area contributed by atoms with E-state index in [1.807, 2.05) is 39.0 Å². The van der Waals surface area contributed by atoms with E-state index in [-0.39, 0.29) is 5.56 Å². The van der Waals surface area contributed by atoms with Gasteiger partial charge in [0, 0.05) is 11.8 Å². The Bertz CT molecular complexity index is 650. The highest BCUT2D eigenvalue weighted by atomic mass is 16.5. The molecule has 0 fully saturated rings. The third-order valence-electron chi connectivity index (χ3n) is 3.16. The molecule has 0 bridgehead atoms. The lowest BCUT2D eigenvalue weighted by atomic mass is 10.1. The Labute approximate surface area is 118 Å². The lowest BCUT2D eigenvalue weighted by Crippen LogP contribution is -2.01. The summed E-state index contributed by atoms with van der Waals surface area (Å²) in [6, 6.07) is 8.73. The standard InChI is InChI=1S/C16H17NO3/c1-4-13-8-12(16(18)19)9-15(17-13)20-14-6-5-10(2)11(3)7-14/h5-9H,4H2,1-3H3,(H,18,19). The monoisotopic (exact) mass is 271 g/mol. The lowest BCUT2D eigenvalue weighted by molar-refractivity contribution is 0.0696. The molecular formula is C16H17NO3. The van der Waals surface area contributed by atoms with Crippen molar-refractivity contribution in [3.8, 4) is 11.6 Å². The maximum absolute atomic E-state index is 11.1. The van der Waals surface area contributed by atoms with Crippen LogP contribution in [0.15, 0.2) is 30.3 Å². The lowest BCUT2D eigenvalue weighted by Gasteiger charge is -2.09. The number of hydrogen-bond acceptors (Lipinski definition) is 3. The second kappa shape index (κ2) is 5.74. The number of aromatic nitrogens is 1. The van der Waals surface area contributed by atoms with Gasteiger partial charge in [-0.3, -0.25) is 0 Å². The summed E-state index contributed by atoms with van der Waals surface area (Å²) in [6.45, 7) is 5.95. The van der Waals surface area contributed by atoms with Crippen molar-refractivity contribution in [3.63, 3.8) is 0 Å². The Balaban J connectivity index is 2.34. The van der Waals surface area contributed by atoms with E-state index in [4.69, 9.17) is 9.84 Å². The van der Waals surface area contributed by atoms with Crippen LogP contribution in [0.25, 0.3) is 0 Å². The van der Waals surface area contributed by atoms with Gasteiger partial charge in [0.1, 0.15) is 5.75 Å². The molecule has 0 atom stereocenters. The number of pyridine rings is 1. The van der Waals surface area contributed by atoms with E-state index in [1.54, 1.807) is 6.07 Å². The smallest absolute Gasteiger partial charge is 0.335 e. The summed E-state index contributed by atoms with van der Waals surface area (Å²) in [4.78, 5) is 15.4. The summed E-state index contributed by atoms with van der Waals surface area (Å²) in [5, 5.41) is 9.09. The highest BCUT2D eigenvalue weighted by Crippen LogP contribution is 2.23. The number of carboxylic acids is 1. The molecule has 4 heteroatoms. The van der Waals surface area contributed by atoms with E-state index < -0.39 is 5.97 Å². The fourth-order valence-electron chi connectivity index (χ4n) is 1.82. The number of rotatable bonds is 4. The maximum Gasteiger partial charge on any atom is 0.335 e. The van der Waals surface area contributed by atoms with Crippen molar-refractivity contribution in [2.24, 2.45) is 0 Å². The van der Waals surface area contributed by atoms with Gasteiger partial charge in [-0.15, -0.1) is 0 Å². The SMILES string of the molecule is CCc1cc(C(=O)O)cc(Oc2ccc(C)c(C)c2)n1. The van der Waals surface area contributed by atoms with Crippen LogP contribution in [0.1, 0.15) is 34.1 Å².